The van der Waals surface area contributed by atoms with Crippen molar-refractivity contribution >= 4 is 35.8 Å². The number of nitrogens with one attached hydrogen (secondary N) is 2. The minimum absolute atomic E-state index is 0. The van der Waals surface area contributed by atoms with Crippen molar-refractivity contribution in [3.63, 3.8) is 0 Å². The fourth-order valence-electron chi connectivity index (χ4n) is 3.06. The van der Waals surface area contributed by atoms with Crippen LogP contribution in [-0.4, -0.2) is 65.2 Å². The largest absolute Gasteiger partial charge is 0.497 e. The number of carbonyl (C=O) groups is 1. The number of aliphatic imine (C=N–C) groups is 1. The molecule has 0 fully saturated rings. The van der Waals surface area contributed by atoms with Gasteiger partial charge in [0, 0.05) is 39.8 Å². The Morgan fingerprint density at radius 2 is 1.71 bits per heavy atom. The highest BCUT2D eigenvalue weighted by Crippen LogP contribution is 2.24. The number of halogens is 1. The molecule has 0 unspecified atom stereocenters. The Hall–Kier alpha value is -2.49. The molecule has 8 heteroatoms. The first-order valence-corrected chi connectivity index (χ1v) is 9.94. The second-order valence-corrected chi connectivity index (χ2v) is 7.00. The molecule has 0 spiro atoms. The Labute approximate surface area is 202 Å². The first-order chi connectivity index (χ1) is 14.5. The molecule has 0 heterocycles. The number of benzene rings is 2. The average Bonchev–Trinajstić information content (AvgIpc) is 2.77. The summed E-state index contributed by atoms with van der Waals surface area (Å²) in [5.41, 5.74) is 2.88. The molecule has 0 atom stereocenters. The van der Waals surface area contributed by atoms with Crippen molar-refractivity contribution in [3.05, 3.63) is 59.2 Å². The number of amides is 1. The monoisotopic (exact) mass is 540 g/mol. The van der Waals surface area contributed by atoms with Crippen LogP contribution in [0.2, 0.25) is 0 Å². The SMILES string of the molecule is CN=C(NCCc1cccc(C(=O)N(C)C)c1)NCCc1cc(OC)ccc1OC.I. The normalized spacial score (nSPS) is 10.7. The van der Waals surface area contributed by atoms with Crippen molar-refractivity contribution in [3.8, 4) is 11.5 Å². The third-order valence-corrected chi connectivity index (χ3v) is 4.68. The van der Waals surface area contributed by atoms with Crippen molar-refractivity contribution < 1.29 is 14.3 Å². The van der Waals surface area contributed by atoms with Crippen molar-refractivity contribution in [2.45, 2.75) is 12.8 Å². The Kier molecular flexibility index (Phi) is 11.8. The maximum atomic E-state index is 12.1. The quantitative estimate of drug-likeness (QED) is 0.291. The van der Waals surface area contributed by atoms with E-state index in [2.05, 4.69) is 15.6 Å². The van der Waals surface area contributed by atoms with Crippen LogP contribution in [-0.2, 0) is 12.8 Å². The first-order valence-electron chi connectivity index (χ1n) is 9.94. The van der Waals surface area contributed by atoms with Crippen molar-refractivity contribution in [1.82, 2.24) is 15.5 Å². The van der Waals surface area contributed by atoms with Crippen molar-refractivity contribution in [2.75, 3.05) is 48.5 Å². The van der Waals surface area contributed by atoms with Gasteiger partial charge in [0.15, 0.2) is 5.96 Å². The predicted octanol–water partition coefficient (Wildman–Crippen LogP) is 2.97. The summed E-state index contributed by atoms with van der Waals surface area (Å²) in [7, 11) is 8.58. The van der Waals surface area contributed by atoms with Gasteiger partial charge in [-0.05, 0) is 54.3 Å². The maximum Gasteiger partial charge on any atom is 0.253 e. The van der Waals surface area contributed by atoms with Gasteiger partial charge in [0.2, 0.25) is 0 Å². The molecule has 2 aromatic rings. The third kappa shape index (κ3) is 8.28. The molecule has 0 aromatic heterocycles. The lowest BCUT2D eigenvalue weighted by atomic mass is 10.1. The van der Waals surface area contributed by atoms with Crippen LogP contribution < -0.4 is 20.1 Å². The lowest BCUT2D eigenvalue weighted by molar-refractivity contribution is 0.0827. The molecule has 7 nitrogen and oxygen atoms in total. The van der Waals surface area contributed by atoms with Gasteiger partial charge in [0.25, 0.3) is 5.91 Å². The fraction of sp³-hybridized carbons (Fsp3) is 0.391. The molecule has 2 rings (SSSR count). The van der Waals surface area contributed by atoms with Gasteiger partial charge in [0.05, 0.1) is 14.2 Å². The summed E-state index contributed by atoms with van der Waals surface area (Å²) in [6, 6.07) is 13.5. The number of hydrogen-bond acceptors (Lipinski definition) is 4. The van der Waals surface area contributed by atoms with Gasteiger partial charge in [-0.25, -0.2) is 0 Å². The zero-order chi connectivity index (χ0) is 21.9. The Morgan fingerprint density at radius 3 is 2.32 bits per heavy atom. The van der Waals surface area contributed by atoms with Crippen LogP contribution in [0.1, 0.15) is 21.5 Å². The minimum Gasteiger partial charge on any atom is -0.497 e. The number of carbonyl (C=O) groups excluding carboxylic acids is 1. The second-order valence-electron chi connectivity index (χ2n) is 7.00. The molecule has 0 bridgehead atoms. The molecule has 0 aliphatic rings. The van der Waals surface area contributed by atoms with Gasteiger partial charge >= 0.3 is 0 Å². The van der Waals surface area contributed by atoms with Gasteiger partial charge in [-0.1, -0.05) is 12.1 Å². The van der Waals surface area contributed by atoms with E-state index in [1.165, 1.54) is 0 Å². The first kappa shape index (κ1) is 26.5. The van der Waals surface area contributed by atoms with E-state index in [-0.39, 0.29) is 29.9 Å². The molecule has 1 amide bonds. The van der Waals surface area contributed by atoms with Gasteiger partial charge in [0.1, 0.15) is 11.5 Å². The number of rotatable bonds is 9. The topological polar surface area (TPSA) is 75.2 Å². The van der Waals surface area contributed by atoms with Crippen LogP contribution in [0.5, 0.6) is 11.5 Å². The van der Waals surface area contributed by atoms with Gasteiger partial charge in [-0.3, -0.25) is 9.79 Å². The number of methoxy groups -OCH3 is 2. The fourth-order valence-corrected chi connectivity index (χ4v) is 3.06. The van der Waals surface area contributed by atoms with Crippen LogP contribution in [0.4, 0.5) is 0 Å². The molecular weight excluding hydrogens is 507 g/mol. The number of guanidine groups is 1. The van der Waals surface area contributed by atoms with Gasteiger partial charge in [-0.2, -0.15) is 0 Å². The molecule has 0 radical (unpaired) electrons. The van der Waals surface area contributed by atoms with E-state index < -0.39 is 0 Å². The summed E-state index contributed by atoms with van der Waals surface area (Å²) in [5, 5.41) is 6.63. The molecule has 170 valence electrons. The Bertz CT molecular complexity index is 872. The summed E-state index contributed by atoms with van der Waals surface area (Å²) in [6.45, 7) is 1.41. The van der Waals surface area contributed by atoms with E-state index >= 15 is 0 Å². The standard InChI is InChI=1S/C23H32N4O3.HI/c1-24-23(26-14-12-18-16-20(29-4)9-10-21(18)30-5)25-13-11-17-7-6-8-19(15-17)22(28)27(2)3;/h6-10,15-16H,11-14H2,1-5H3,(H2,24,25,26);1H. The van der Waals surface area contributed by atoms with Crippen LogP contribution in [0, 0.1) is 0 Å². The van der Waals surface area contributed by atoms with Crippen molar-refractivity contribution in [1.29, 1.82) is 0 Å². The van der Waals surface area contributed by atoms with Crippen LogP contribution in [0.15, 0.2) is 47.5 Å². The Balaban J connectivity index is 0.00000480. The summed E-state index contributed by atoms with van der Waals surface area (Å²) in [4.78, 5) is 18.0. The lowest BCUT2D eigenvalue weighted by Crippen LogP contribution is -2.39. The number of nitrogens with zero attached hydrogens (tertiary/aromatic N) is 2. The highest BCUT2D eigenvalue weighted by atomic mass is 127. The van der Waals surface area contributed by atoms with Gasteiger partial charge < -0.3 is 25.0 Å². The van der Waals surface area contributed by atoms with Crippen LogP contribution in [0.25, 0.3) is 0 Å². The molecule has 0 saturated heterocycles. The molecule has 2 aromatic carbocycles. The zero-order valence-electron chi connectivity index (χ0n) is 18.9. The number of ether oxygens (including phenoxy) is 2. The van der Waals surface area contributed by atoms with Crippen LogP contribution >= 0.6 is 24.0 Å². The van der Waals surface area contributed by atoms with E-state index in [1.807, 2.05) is 42.5 Å². The van der Waals surface area contributed by atoms with E-state index in [9.17, 15) is 4.79 Å². The van der Waals surface area contributed by atoms with Gasteiger partial charge in [-0.15, -0.1) is 24.0 Å². The van der Waals surface area contributed by atoms with E-state index in [0.29, 0.717) is 18.7 Å². The summed E-state index contributed by atoms with van der Waals surface area (Å²) in [6.07, 6.45) is 1.56. The van der Waals surface area contributed by atoms with Crippen LogP contribution in [0.3, 0.4) is 0 Å². The molecule has 0 aliphatic heterocycles. The lowest BCUT2D eigenvalue weighted by Gasteiger charge is -2.14. The summed E-state index contributed by atoms with van der Waals surface area (Å²) in [5.74, 6) is 2.39. The highest BCUT2D eigenvalue weighted by molar-refractivity contribution is 14.0. The molecule has 0 saturated carbocycles. The molecule has 2 N–H and O–H groups in total. The second kappa shape index (κ2) is 13.7. The van der Waals surface area contributed by atoms with Crippen molar-refractivity contribution in [2.24, 2.45) is 4.99 Å². The minimum atomic E-state index is 0. The molecular formula is C23H33IN4O3. The third-order valence-electron chi connectivity index (χ3n) is 4.68. The smallest absolute Gasteiger partial charge is 0.253 e. The number of hydrogen-bond donors (Lipinski definition) is 2. The predicted molar refractivity (Wildman–Crippen MR) is 136 cm³/mol. The highest BCUT2D eigenvalue weighted by Gasteiger charge is 2.09. The molecule has 0 aliphatic carbocycles. The van der Waals surface area contributed by atoms with E-state index in [0.717, 1.165) is 41.4 Å². The average molecular weight is 540 g/mol. The zero-order valence-corrected chi connectivity index (χ0v) is 21.2. The van der Waals surface area contributed by atoms with E-state index in [1.54, 1.807) is 40.3 Å². The van der Waals surface area contributed by atoms with E-state index in [4.69, 9.17) is 9.47 Å². The molecule has 31 heavy (non-hydrogen) atoms. The summed E-state index contributed by atoms with van der Waals surface area (Å²) >= 11 is 0. The summed E-state index contributed by atoms with van der Waals surface area (Å²) < 4.78 is 10.7. The maximum absolute atomic E-state index is 12.1. The Morgan fingerprint density at radius 1 is 1.00 bits per heavy atom.